The van der Waals surface area contributed by atoms with Crippen LogP contribution in [0.15, 0.2) is 0 Å². The molecule has 2 saturated carbocycles. The molecule has 1 nitrogen and oxygen atoms in total. The van der Waals surface area contributed by atoms with Crippen LogP contribution in [-0.4, -0.2) is 5.78 Å². The van der Waals surface area contributed by atoms with Crippen LogP contribution in [0, 0.1) is 17.8 Å². The van der Waals surface area contributed by atoms with Crippen molar-refractivity contribution in [1.82, 2.24) is 0 Å². The second-order valence-corrected chi connectivity index (χ2v) is 6.73. The molecule has 0 aromatic heterocycles. The van der Waals surface area contributed by atoms with Gasteiger partial charge in [0.25, 0.3) is 0 Å². The Bertz CT molecular complexity index is 240. The molecule has 0 unspecified atom stereocenters. The van der Waals surface area contributed by atoms with Crippen LogP contribution in [0.5, 0.6) is 0 Å². The molecule has 0 heterocycles. The van der Waals surface area contributed by atoms with E-state index in [1.807, 2.05) is 0 Å². The van der Waals surface area contributed by atoms with Gasteiger partial charge in [-0.3, -0.25) is 4.79 Å². The van der Waals surface area contributed by atoms with Gasteiger partial charge < -0.3 is 0 Å². The minimum absolute atomic E-state index is 0.506. The highest BCUT2D eigenvalue weighted by Gasteiger charge is 2.23. The van der Waals surface area contributed by atoms with Gasteiger partial charge in [-0.05, 0) is 30.6 Å². The molecule has 0 aliphatic heterocycles. The maximum absolute atomic E-state index is 11.2. The average molecular weight is 250 g/mol. The van der Waals surface area contributed by atoms with E-state index in [9.17, 15) is 4.79 Å². The molecule has 0 aromatic carbocycles. The fraction of sp³-hybridized carbons (Fsp3) is 0.941. The van der Waals surface area contributed by atoms with Crippen molar-refractivity contribution >= 4 is 5.78 Å². The molecule has 0 aromatic rings. The minimum atomic E-state index is 0.506. The smallest absolute Gasteiger partial charge is 0.132 e. The molecule has 0 amide bonds. The van der Waals surface area contributed by atoms with Gasteiger partial charge in [-0.25, -0.2) is 0 Å². The first-order chi connectivity index (χ1) is 8.78. The third-order valence-electron chi connectivity index (χ3n) is 5.31. The van der Waals surface area contributed by atoms with Gasteiger partial charge in [0.2, 0.25) is 0 Å². The van der Waals surface area contributed by atoms with Gasteiger partial charge >= 0.3 is 0 Å². The zero-order chi connectivity index (χ0) is 12.8. The number of rotatable bonds is 5. The first-order valence-electron chi connectivity index (χ1n) is 8.29. The van der Waals surface area contributed by atoms with E-state index in [0.29, 0.717) is 5.78 Å². The van der Waals surface area contributed by atoms with Crippen molar-refractivity contribution in [1.29, 1.82) is 0 Å². The fourth-order valence-electron chi connectivity index (χ4n) is 3.98. The Morgan fingerprint density at radius 3 is 1.72 bits per heavy atom. The van der Waals surface area contributed by atoms with Crippen molar-refractivity contribution < 1.29 is 4.79 Å². The Balaban J connectivity index is 1.59. The summed E-state index contributed by atoms with van der Waals surface area (Å²) in [5, 5.41) is 0. The maximum atomic E-state index is 11.2. The highest BCUT2D eigenvalue weighted by Crippen LogP contribution is 2.36. The van der Waals surface area contributed by atoms with Gasteiger partial charge in [-0.2, -0.15) is 0 Å². The molecule has 0 N–H and O–H groups in total. The summed E-state index contributed by atoms with van der Waals surface area (Å²) in [4.78, 5) is 11.2. The van der Waals surface area contributed by atoms with Crippen molar-refractivity contribution in [2.45, 2.75) is 84.0 Å². The zero-order valence-electron chi connectivity index (χ0n) is 12.1. The van der Waals surface area contributed by atoms with Gasteiger partial charge in [0.05, 0.1) is 0 Å². The summed E-state index contributed by atoms with van der Waals surface area (Å²) < 4.78 is 0. The second-order valence-electron chi connectivity index (χ2n) is 6.73. The van der Waals surface area contributed by atoms with Crippen molar-refractivity contribution in [2.24, 2.45) is 17.8 Å². The number of hydrogen-bond acceptors (Lipinski definition) is 1. The molecule has 0 saturated heterocycles. The lowest BCUT2D eigenvalue weighted by Gasteiger charge is -2.30. The van der Waals surface area contributed by atoms with E-state index < -0.39 is 0 Å². The van der Waals surface area contributed by atoms with Gasteiger partial charge in [-0.1, -0.05) is 58.3 Å². The number of carbonyl (C=O) groups is 1. The number of carbonyl (C=O) groups excluding carboxylic acids is 1. The normalized spacial score (nSPS) is 30.6. The SMILES string of the molecule is CCCC1CCC(CCC2CCC(=O)CC2)CC1. The van der Waals surface area contributed by atoms with E-state index in [0.717, 1.165) is 30.6 Å². The highest BCUT2D eigenvalue weighted by atomic mass is 16.1. The van der Waals surface area contributed by atoms with Crippen LogP contribution in [0.3, 0.4) is 0 Å². The Labute approximate surface area is 113 Å². The number of ketones is 1. The molecule has 104 valence electrons. The van der Waals surface area contributed by atoms with Crippen molar-refractivity contribution in [2.75, 3.05) is 0 Å². The van der Waals surface area contributed by atoms with Gasteiger partial charge in [0.1, 0.15) is 5.78 Å². The summed E-state index contributed by atoms with van der Waals surface area (Å²) in [6, 6.07) is 0. The summed E-state index contributed by atoms with van der Waals surface area (Å²) in [5.41, 5.74) is 0. The van der Waals surface area contributed by atoms with Crippen LogP contribution in [-0.2, 0) is 4.79 Å². The summed E-state index contributed by atoms with van der Waals surface area (Å²) in [6.07, 6.45) is 15.7. The first-order valence-corrected chi connectivity index (χ1v) is 8.29. The second kappa shape index (κ2) is 7.31. The molecule has 2 rings (SSSR count). The number of Topliss-reactive ketones (excluding diaryl/α,β-unsaturated/α-hetero) is 1. The molecular formula is C17H30O. The topological polar surface area (TPSA) is 17.1 Å². The maximum Gasteiger partial charge on any atom is 0.132 e. The third kappa shape index (κ3) is 4.40. The monoisotopic (exact) mass is 250 g/mol. The standard InChI is InChI=1S/C17H30O/c1-2-3-14-4-6-15(7-5-14)8-9-16-10-12-17(18)13-11-16/h14-16H,2-13H2,1H3. The van der Waals surface area contributed by atoms with E-state index >= 15 is 0 Å². The Hall–Kier alpha value is -0.330. The molecule has 2 fully saturated rings. The quantitative estimate of drug-likeness (QED) is 0.661. The van der Waals surface area contributed by atoms with Crippen molar-refractivity contribution in [3.63, 3.8) is 0 Å². The molecule has 0 spiro atoms. The van der Waals surface area contributed by atoms with Crippen LogP contribution < -0.4 is 0 Å². The summed E-state index contributed by atoms with van der Waals surface area (Å²) in [5.74, 6) is 3.43. The highest BCUT2D eigenvalue weighted by molar-refractivity contribution is 5.78. The van der Waals surface area contributed by atoms with Gasteiger partial charge in [0, 0.05) is 12.8 Å². The molecule has 1 heteroatoms. The molecule has 0 bridgehead atoms. The van der Waals surface area contributed by atoms with Crippen molar-refractivity contribution in [3.05, 3.63) is 0 Å². The van der Waals surface area contributed by atoms with E-state index in [1.165, 1.54) is 64.2 Å². The van der Waals surface area contributed by atoms with E-state index in [1.54, 1.807) is 0 Å². The molecule has 2 aliphatic carbocycles. The largest absolute Gasteiger partial charge is 0.300 e. The third-order valence-corrected chi connectivity index (χ3v) is 5.31. The predicted octanol–water partition coefficient (Wildman–Crippen LogP) is 5.13. The molecule has 0 radical (unpaired) electrons. The molecule has 2 aliphatic rings. The molecule has 0 atom stereocenters. The van der Waals surface area contributed by atoms with E-state index in [4.69, 9.17) is 0 Å². The van der Waals surface area contributed by atoms with Crippen LogP contribution in [0.25, 0.3) is 0 Å². The first kappa shape index (κ1) is 14.1. The van der Waals surface area contributed by atoms with Crippen LogP contribution in [0.4, 0.5) is 0 Å². The molecule has 18 heavy (non-hydrogen) atoms. The molecular weight excluding hydrogens is 220 g/mol. The minimum Gasteiger partial charge on any atom is -0.300 e. The average Bonchev–Trinajstić information content (AvgIpc) is 2.40. The van der Waals surface area contributed by atoms with Gasteiger partial charge in [0.15, 0.2) is 0 Å². The summed E-state index contributed by atoms with van der Waals surface area (Å²) >= 11 is 0. The zero-order valence-corrected chi connectivity index (χ0v) is 12.1. The Morgan fingerprint density at radius 1 is 0.778 bits per heavy atom. The predicted molar refractivity (Wildman–Crippen MR) is 76.6 cm³/mol. The van der Waals surface area contributed by atoms with Crippen LogP contribution in [0.1, 0.15) is 84.0 Å². The fourth-order valence-corrected chi connectivity index (χ4v) is 3.98. The van der Waals surface area contributed by atoms with Crippen molar-refractivity contribution in [3.8, 4) is 0 Å². The Morgan fingerprint density at radius 2 is 1.22 bits per heavy atom. The lowest BCUT2D eigenvalue weighted by atomic mass is 9.76. The summed E-state index contributed by atoms with van der Waals surface area (Å²) in [7, 11) is 0. The lowest BCUT2D eigenvalue weighted by molar-refractivity contribution is -0.121. The van der Waals surface area contributed by atoms with Gasteiger partial charge in [-0.15, -0.1) is 0 Å². The van der Waals surface area contributed by atoms with Crippen LogP contribution >= 0.6 is 0 Å². The Kier molecular flexibility index (Phi) is 5.72. The van der Waals surface area contributed by atoms with E-state index in [2.05, 4.69) is 6.92 Å². The van der Waals surface area contributed by atoms with Crippen LogP contribution in [0.2, 0.25) is 0 Å². The number of hydrogen-bond donors (Lipinski definition) is 0. The lowest BCUT2D eigenvalue weighted by Crippen LogP contribution is -2.18. The van der Waals surface area contributed by atoms with E-state index in [-0.39, 0.29) is 0 Å². The summed E-state index contributed by atoms with van der Waals surface area (Å²) in [6.45, 7) is 2.32.